The van der Waals surface area contributed by atoms with Gasteiger partial charge in [0.1, 0.15) is 5.75 Å². The maximum Gasteiger partial charge on any atom is 0.221 e. The summed E-state index contributed by atoms with van der Waals surface area (Å²) in [5.41, 5.74) is 6.73. The Kier molecular flexibility index (Phi) is 10.6. The van der Waals surface area contributed by atoms with Crippen molar-refractivity contribution in [3.8, 4) is 5.75 Å². The lowest BCUT2D eigenvalue weighted by Crippen LogP contribution is -2.46. The zero-order valence-corrected chi connectivity index (χ0v) is 16.9. The van der Waals surface area contributed by atoms with Gasteiger partial charge in [0.15, 0.2) is 0 Å². The molecular weight excluding hydrogens is 350 g/mol. The van der Waals surface area contributed by atoms with E-state index >= 15 is 0 Å². The molecule has 2 rings (SSSR count). The number of hydrogen-bond acceptors (Lipinski definition) is 4. The molecule has 1 aromatic carbocycles. The van der Waals surface area contributed by atoms with E-state index in [1.54, 1.807) is 0 Å². The average Bonchev–Trinajstić information content (AvgIpc) is 2.60. The third kappa shape index (κ3) is 7.94. The molecule has 6 heteroatoms. The number of likely N-dealkylation sites (tertiary alicyclic amines) is 1. The molecule has 0 saturated carbocycles. The molecule has 0 aromatic heterocycles. The molecule has 1 aliphatic rings. The van der Waals surface area contributed by atoms with Gasteiger partial charge in [-0.3, -0.25) is 9.69 Å². The molecular formula is C20H34ClN3O2. The number of piperidine rings is 1. The van der Waals surface area contributed by atoms with Gasteiger partial charge in [-0.05, 0) is 43.0 Å². The van der Waals surface area contributed by atoms with Gasteiger partial charge in [-0.1, -0.05) is 32.4 Å². The maximum atomic E-state index is 11.7. The number of ether oxygens (including phenoxy) is 1. The third-order valence-corrected chi connectivity index (χ3v) is 4.55. The number of nitrogens with two attached hydrogens (primary N) is 1. The molecule has 1 fully saturated rings. The zero-order chi connectivity index (χ0) is 18.1. The van der Waals surface area contributed by atoms with E-state index in [1.807, 2.05) is 0 Å². The fourth-order valence-corrected chi connectivity index (χ4v) is 3.14. The summed E-state index contributed by atoms with van der Waals surface area (Å²) >= 11 is 0. The quantitative estimate of drug-likeness (QED) is 0.687. The minimum Gasteiger partial charge on any atom is -0.493 e. The first kappa shape index (κ1) is 22.7. The Balaban J connectivity index is 0.00000338. The second-order valence-corrected chi connectivity index (χ2v) is 7.31. The fraction of sp³-hybridized carbons (Fsp3) is 0.650. The Morgan fingerprint density at radius 1 is 1.31 bits per heavy atom. The van der Waals surface area contributed by atoms with E-state index in [2.05, 4.69) is 48.3 Å². The van der Waals surface area contributed by atoms with Crippen LogP contribution < -0.4 is 15.8 Å². The lowest BCUT2D eigenvalue weighted by Gasteiger charge is -2.36. The van der Waals surface area contributed by atoms with Crippen LogP contribution in [0.4, 0.5) is 0 Å². The van der Waals surface area contributed by atoms with E-state index in [0.29, 0.717) is 31.5 Å². The summed E-state index contributed by atoms with van der Waals surface area (Å²) in [5, 5.41) is 3.02. The molecule has 0 bridgehead atoms. The molecule has 3 N–H and O–H groups in total. The number of nitrogens with zero attached hydrogens (tertiary/aromatic N) is 1. The summed E-state index contributed by atoms with van der Waals surface area (Å²) < 4.78 is 5.75. The molecule has 0 radical (unpaired) electrons. The smallest absolute Gasteiger partial charge is 0.221 e. The number of carbonyl (C=O) groups excluding carboxylic acids is 1. The monoisotopic (exact) mass is 383 g/mol. The standard InChI is InChI=1S/C20H33N3O2.ClH/c1-16(2)15-25-19-8-6-17(7-9-19)14-23-12-4-3-5-18(23)13-22-20(24)10-11-21;/h6-9,16,18H,3-5,10-15,21H2,1-2H3,(H,22,24);1H. The van der Waals surface area contributed by atoms with E-state index in [1.165, 1.54) is 18.4 Å². The first-order chi connectivity index (χ1) is 12.1. The van der Waals surface area contributed by atoms with Crippen LogP contribution in [-0.2, 0) is 11.3 Å². The number of benzene rings is 1. The SMILES string of the molecule is CC(C)COc1ccc(CN2CCCCC2CNC(=O)CCN)cc1.Cl. The summed E-state index contributed by atoms with van der Waals surface area (Å²) in [6, 6.07) is 8.81. The van der Waals surface area contributed by atoms with Crippen molar-refractivity contribution in [3.63, 3.8) is 0 Å². The summed E-state index contributed by atoms with van der Waals surface area (Å²) in [6.07, 6.45) is 4.00. The van der Waals surface area contributed by atoms with Gasteiger partial charge in [-0.15, -0.1) is 12.4 Å². The molecule has 26 heavy (non-hydrogen) atoms. The Bertz CT molecular complexity index is 522. The van der Waals surface area contributed by atoms with Crippen LogP contribution in [0.5, 0.6) is 5.75 Å². The van der Waals surface area contributed by atoms with Crippen molar-refractivity contribution in [1.29, 1.82) is 0 Å². The van der Waals surface area contributed by atoms with Crippen LogP contribution in [0.15, 0.2) is 24.3 Å². The van der Waals surface area contributed by atoms with Crippen LogP contribution in [0.25, 0.3) is 0 Å². The van der Waals surface area contributed by atoms with Gasteiger partial charge in [-0.2, -0.15) is 0 Å². The first-order valence-corrected chi connectivity index (χ1v) is 9.51. The predicted molar refractivity (Wildman–Crippen MR) is 109 cm³/mol. The van der Waals surface area contributed by atoms with Crippen molar-refractivity contribution in [3.05, 3.63) is 29.8 Å². The lowest BCUT2D eigenvalue weighted by atomic mass is 10.0. The molecule has 1 atom stereocenters. The topological polar surface area (TPSA) is 67.6 Å². The van der Waals surface area contributed by atoms with Gasteiger partial charge >= 0.3 is 0 Å². The van der Waals surface area contributed by atoms with Crippen LogP contribution in [0.3, 0.4) is 0 Å². The largest absolute Gasteiger partial charge is 0.493 e. The van der Waals surface area contributed by atoms with E-state index in [0.717, 1.165) is 31.9 Å². The van der Waals surface area contributed by atoms with Gasteiger partial charge in [0.25, 0.3) is 0 Å². The summed E-state index contributed by atoms with van der Waals surface area (Å²) in [5.74, 6) is 1.52. The number of halogens is 1. The average molecular weight is 384 g/mol. The van der Waals surface area contributed by atoms with E-state index in [9.17, 15) is 4.79 Å². The van der Waals surface area contributed by atoms with Gasteiger partial charge in [-0.25, -0.2) is 0 Å². The zero-order valence-electron chi connectivity index (χ0n) is 16.1. The minimum absolute atomic E-state index is 0. The molecule has 1 aliphatic heterocycles. The van der Waals surface area contributed by atoms with Crippen LogP contribution in [0.2, 0.25) is 0 Å². The van der Waals surface area contributed by atoms with Gasteiger partial charge < -0.3 is 15.8 Å². The van der Waals surface area contributed by atoms with Crippen molar-refractivity contribution in [1.82, 2.24) is 10.2 Å². The Hall–Kier alpha value is -1.30. The second kappa shape index (κ2) is 12.2. The maximum absolute atomic E-state index is 11.7. The van der Waals surface area contributed by atoms with Crippen molar-refractivity contribution in [2.75, 3.05) is 26.2 Å². The summed E-state index contributed by atoms with van der Waals surface area (Å²) in [6.45, 7) is 8.18. The fourth-order valence-electron chi connectivity index (χ4n) is 3.14. The Morgan fingerprint density at radius 2 is 2.04 bits per heavy atom. The summed E-state index contributed by atoms with van der Waals surface area (Å²) in [7, 11) is 0. The van der Waals surface area contributed by atoms with Crippen molar-refractivity contribution in [2.45, 2.75) is 52.1 Å². The van der Waals surface area contributed by atoms with Gasteiger partial charge in [0.2, 0.25) is 5.91 Å². The van der Waals surface area contributed by atoms with Crippen LogP contribution in [0.1, 0.15) is 45.1 Å². The predicted octanol–water partition coefficient (Wildman–Crippen LogP) is 2.96. The molecule has 0 spiro atoms. The summed E-state index contributed by atoms with van der Waals surface area (Å²) in [4.78, 5) is 14.2. The third-order valence-electron chi connectivity index (χ3n) is 4.55. The Labute approximate surface area is 164 Å². The molecule has 1 amide bonds. The van der Waals surface area contributed by atoms with E-state index < -0.39 is 0 Å². The molecule has 1 unspecified atom stereocenters. The van der Waals surface area contributed by atoms with E-state index in [4.69, 9.17) is 10.5 Å². The number of carbonyl (C=O) groups is 1. The molecule has 1 heterocycles. The molecule has 1 aromatic rings. The Morgan fingerprint density at radius 3 is 2.69 bits per heavy atom. The number of nitrogens with one attached hydrogen (secondary N) is 1. The van der Waals surface area contributed by atoms with Gasteiger partial charge in [0, 0.05) is 32.1 Å². The molecule has 1 saturated heterocycles. The normalized spacial score (nSPS) is 17.6. The molecule has 0 aliphatic carbocycles. The highest BCUT2D eigenvalue weighted by Crippen LogP contribution is 2.21. The second-order valence-electron chi connectivity index (χ2n) is 7.31. The van der Waals surface area contributed by atoms with Gasteiger partial charge in [0.05, 0.1) is 6.61 Å². The highest BCUT2D eigenvalue weighted by Gasteiger charge is 2.22. The highest BCUT2D eigenvalue weighted by molar-refractivity contribution is 5.85. The molecule has 5 nitrogen and oxygen atoms in total. The van der Waals surface area contributed by atoms with Crippen molar-refractivity contribution < 1.29 is 9.53 Å². The number of amides is 1. The van der Waals surface area contributed by atoms with Crippen LogP contribution in [-0.4, -0.2) is 43.1 Å². The first-order valence-electron chi connectivity index (χ1n) is 9.51. The van der Waals surface area contributed by atoms with Crippen LogP contribution >= 0.6 is 12.4 Å². The van der Waals surface area contributed by atoms with Crippen LogP contribution in [0, 0.1) is 5.92 Å². The molecule has 148 valence electrons. The van der Waals surface area contributed by atoms with Crippen molar-refractivity contribution in [2.24, 2.45) is 11.7 Å². The lowest BCUT2D eigenvalue weighted by molar-refractivity contribution is -0.121. The minimum atomic E-state index is 0. The van der Waals surface area contributed by atoms with Crippen molar-refractivity contribution >= 4 is 18.3 Å². The number of hydrogen-bond donors (Lipinski definition) is 2. The van der Waals surface area contributed by atoms with E-state index in [-0.39, 0.29) is 18.3 Å². The number of rotatable bonds is 9. The highest BCUT2D eigenvalue weighted by atomic mass is 35.5.